The topological polar surface area (TPSA) is 91.1 Å². The first-order valence-corrected chi connectivity index (χ1v) is 9.86. The number of hydrogen-bond acceptors (Lipinski definition) is 5. The molecule has 0 spiro atoms. The molecule has 1 aliphatic heterocycles. The monoisotopic (exact) mass is 480 g/mol. The van der Waals surface area contributed by atoms with Gasteiger partial charge in [0.1, 0.15) is 0 Å². The third kappa shape index (κ3) is 2.98. The number of nitrogens with zero attached hydrogens (tertiary/aromatic N) is 5. The van der Waals surface area contributed by atoms with Crippen LogP contribution < -0.4 is 21.9 Å². The smallest absolute Gasteiger partial charge is 0.332 e. The number of aromatic nitrogens is 4. The van der Waals surface area contributed by atoms with Gasteiger partial charge in [-0.3, -0.25) is 18.5 Å². The summed E-state index contributed by atoms with van der Waals surface area (Å²) in [4.78, 5) is 32.1. The van der Waals surface area contributed by atoms with Crippen LogP contribution in [0.3, 0.4) is 0 Å². The fraction of sp³-hybridized carbons (Fsp3) is 0.389. The highest BCUT2D eigenvalue weighted by Crippen LogP contribution is 2.25. The lowest BCUT2D eigenvalue weighted by atomic mass is 10.2. The van der Waals surface area contributed by atoms with E-state index in [1.165, 1.54) is 11.6 Å². The zero-order valence-electron chi connectivity index (χ0n) is 15.2. The summed E-state index contributed by atoms with van der Waals surface area (Å²) in [6.07, 6.45) is 0.878. The molecule has 1 saturated heterocycles. The number of benzene rings is 1. The van der Waals surface area contributed by atoms with Gasteiger partial charge in [0.05, 0.1) is 6.54 Å². The number of fused-ring (bicyclic) bond motifs is 1. The van der Waals surface area contributed by atoms with Crippen LogP contribution in [0.4, 0.5) is 5.95 Å². The summed E-state index contributed by atoms with van der Waals surface area (Å²) in [5.74, 6) is 0.691. The minimum Gasteiger partial charge on any atom is -0.341 e. The zero-order chi connectivity index (χ0) is 19.3. The van der Waals surface area contributed by atoms with E-state index in [0.717, 1.165) is 26.7 Å². The summed E-state index contributed by atoms with van der Waals surface area (Å²) < 4.78 is 5.60. The average Bonchev–Trinajstić information content (AvgIpc) is 3.24. The molecule has 0 aliphatic carbocycles. The highest BCUT2D eigenvalue weighted by molar-refractivity contribution is 14.1. The number of anilines is 1. The van der Waals surface area contributed by atoms with Crippen molar-refractivity contribution in [2.24, 2.45) is 19.8 Å². The van der Waals surface area contributed by atoms with Gasteiger partial charge in [0, 0.05) is 36.8 Å². The lowest BCUT2D eigenvalue weighted by molar-refractivity contribution is 0.701. The third-order valence-corrected chi connectivity index (χ3v) is 6.17. The summed E-state index contributed by atoms with van der Waals surface area (Å²) in [5.41, 5.74) is 7.32. The van der Waals surface area contributed by atoms with Gasteiger partial charge in [-0.1, -0.05) is 18.2 Å². The minimum atomic E-state index is -0.379. The van der Waals surface area contributed by atoms with E-state index in [1.54, 1.807) is 7.05 Å². The maximum absolute atomic E-state index is 12.9. The van der Waals surface area contributed by atoms with Gasteiger partial charge in [-0.15, -0.1) is 0 Å². The molecule has 1 aliphatic rings. The molecule has 0 radical (unpaired) electrons. The second-order valence-corrected chi connectivity index (χ2v) is 8.12. The molecule has 3 aromatic rings. The predicted octanol–water partition coefficient (Wildman–Crippen LogP) is 0.624. The van der Waals surface area contributed by atoms with Gasteiger partial charge >= 0.3 is 5.69 Å². The Labute approximate surface area is 169 Å². The first-order valence-electron chi connectivity index (χ1n) is 8.78. The maximum Gasteiger partial charge on any atom is 0.332 e. The highest BCUT2D eigenvalue weighted by atomic mass is 127. The summed E-state index contributed by atoms with van der Waals surface area (Å²) >= 11 is 2.29. The normalized spacial score (nSPS) is 17.2. The van der Waals surface area contributed by atoms with E-state index in [1.807, 2.05) is 28.8 Å². The molecule has 0 bridgehead atoms. The Morgan fingerprint density at radius 2 is 1.96 bits per heavy atom. The van der Waals surface area contributed by atoms with Crippen molar-refractivity contribution in [2.45, 2.75) is 19.0 Å². The van der Waals surface area contributed by atoms with E-state index in [4.69, 9.17) is 10.7 Å². The molecule has 27 heavy (non-hydrogen) atoms. The minimum absolute atomic E-state index is 0.0850. The quantitative estimate of drug-likeness (QED) is 0.556. The van der Waals surface area contributed by atoms with E-state index >= 15 is 0 Å². The van der Waals surface area contributed by atoms with Gasteiger partial charge in [-0.25, -0.2) is 4.79 Å². The maximum atomic E-state index is 12.9. The molecule has 2 aromatic heterocycles. The second kappa shape index (κ2) is 6.79. The molecule has 9 heteroatoms. The molecule has 0 amide bonds. The van der Waals surface area contributed by atoms with Crippen LogP contribution in [0.1, 0.15) is 12.0 Å². The molecular formula is C18H21IN6O2. The third-order valence-electron chi connectivity index (χ3n) is 5.12. The molecule has 8 nitrogen and oxygen atoms in total. The number of hydrogen-bond donors (Lipinski definition) is 1. The molecule has 2 N–H and O–H groups in total. The summed E-state index contributed by atoms with van der Waals surface area (Å²) in [6.45, 7) is 1.97. The molecular weight excluding hydrogens is 459 g/mol. The van der Waals surface area contributed by atoms with Crippen molar-refractivity contribution in [3.63, 3.8) is 0 Å². The van der Waals surface area contributed by atoms with Crippen molar-refractivity contribution in [3.8, 4) is 0 Å². The average molecular weight is 480 g/mol. The van der Waals surface area contributed by atoms with E-state index in [0.29, 0.717) is 30.2 Å². The lowest BCUT2D eigenvalue weighted by Crippen LogP contribution is -2.37. The van der Waals surface area contributed by atoms with Crippen molar-refractivity contribution in [1.29, 1.82) is 0 Å². The standard InChI is InChI=1S/C18H21IN6O2/c1-22-15-14(16(26)23(2)18(22)27)25(9-11-5-3-4-6-13(11)19)17(21-15)24-8-7-12(20)10-24/h3-6,12H,7-10,20H2,1-2H3/t12-/m1/s1. The van der Waals surface area contributed by atoms with Gasteiger partial charge < -0.3 is 10.6 Å². The second-order valence-electron chi connectivity index (χ2n) is 6.96. The van der Waals surface area contributed by atoms with Crippen LogP contribution in [0.25, 0.3) is 11.2 Å². The van der Waals surface area contributed by atoms with Gasteiger partial charge in [-0.05, 0) is 40.6 Å². The molecule has 142 valence electrons. The molecule has 1 fully saturated rings. The highest BCUT2D eigenvalue weighted by Gasteiger charge is 2.27. The van der Waals surface area contributed by atoms with Crippen molar-refractivity contribution >= 4 is 39.7 Å². The Hall–Kier alpha value is -2.14. The van der Waals surface area contributed by atoms with Crippen LogP contribution in [0.2, 0.25) is 0 Å². The van der Waals surface area contributed by atoms with E-state index in [9.17, 15) is 9.59 Å². The largest absolute Gasteiger partial charge is 0.341 e. The van der Waals surface area contributed by atoms with Crippen molar-refractivity contribution < 1.29 is 0 Å². The Kier molecular flexibility index (Phi) is 4.58. The van der Waals surface area contributed by atoms with Gasteiger partial charge in [0.25, 0.3) is 5.56 Å². The van der Waals surface area contributed by atoms with Crippen LogP contribution in [0.5, 0.6) is 0 Å². The zero-order valence-corrected chi connectivity index (χ0v) is 17.4. The fourth-order valence-corrected chi connectivity index (χ4v) is 4.15. The molecule has 3 heterocycles. The van der Waals surface area contributed by atoms with Crippen LogP contribution in [-0.4, -0.2) is 37.8 Å². The number of rotatable bonds is 3. The Morgan fingerprint density at radius 3 is 2.63 bits per heavy atom. The van der Waals surface area contributed by atoms with Gasteiger partial charge in [0.2, 0.25) is 5.95 Å². The van der Waals surface area contributed by atoms with Crippen LogP contribution in [0, 0.1) is 3.57 Å². The van der Waals surface area contributed by atoms with Gasteiger partial charge in [0.15, 0.2) is 11.2 Å². The number of aryl methyl sites for hydroxylation is 1. The summed E-state index contributed by atoms with van der Waals surface area (Å²) in [6, 6.07) is 8.13. The van der Waals surface area contributed by atoms with Crippen LogP contribution in [0.15, 0.2) is 33.9 Å². The molecule has 4 rings (SSSR count). The van der Waals surface area contributed by atoms with E-state index < -0.39 is 0 Å². The van der Waals surface area contributed by atoms with Gasteiger partial charge in [-0.2, -0.15) is 4.98 Å². The van der Waals surface area contributed by atoms with Crippen molar-refractivity contribution in [1.82, 2.24) is 18.7 Å². The molecule has 0 saturated carbocycles. The Balaban J connectivity index is 2.00. The Morgan fingerprint density at radius 1 is 1.22 bits per heavy atom. The number of nitrogens with two attached hydrogens (primary N) is 1. The molecule has 1 atom stereocenters. The lowest BCUT2D eigenvalue weighted by Gasteiger charge is -2.19. The summed E-state index contributed by atoms with van der Waals surface area (Å²) in [5, 5.41) is 0. The molecule has 0 unspecified atom stereocenters. The van der Waals surface area contributed by atoms with E-state index in [2.05, 4.69) is 27.5 Å². The first kappa shape index (κ1) is 18.2. The SMILES string of the molecule is Cn1c(=O)c2c(nc(N3CC[C@@H](N)C3)n2Cc2ccccc2I)n(C)c1=O. The van der Waals surface area contributed by atoms with Crippen LogP contribution in [-0.2, 0) is 20.6 Å². The first-order chi connectivity index (χ1) is 12.9. The molecule has 1 aromatic carbocycles. The van der Waals surface area contributed by atoms with Crippen molar-refractivity contribution in [3.05, 3.63) is 54.2 Å². The van der Waals surface area contributed by atoms with E-state index in [-0.39, 0.29) is 17.3 Å². The fourth-order valence-electron chi connectivity index (χ4n) is 3.59. The summed E-state index contributed by atoms with van der Waals surface area (Å²) in [7, 11) is 3.15. The van der Waals surface area contributed by atoms with Crippen molar-refractivity contribution in [2.75, 3.05) is 18.0 Å². The predicted molar refractivity (Wildman–Crippen MR) is 113 cm³/mol. The Bertz CT molecular complexity index is 1150. The number of imidazole rings is 1. The number of halogens is 1. The van der Waals surface area contributed by atoms with Crippen LogP contribution >= 0.6 is 22.6 Å².